The van der Waals surface area contributed by atoms with Gasteiger partial charge in [-0.05, 0) is 29.9 Å². The topological polar surface area (TPSA) is 55.8 Å². The van der Waals surface area contributed by atoms with Crippen molar-refractivity contribution in [2.24, 2.45) is 16.7 Å². The van der Waals surface area contributed by atoms with E-state index in [-0.39, 0.29) is 28.8 Å². The summed E-state index contributed by atoms with van der Waals surface area (Å²) in [5, 5.41) is 0. The van der Waals surface area contributed by atoms with Gasteiger partial charge in [-0.2, -0.15) is 0 Å². The molecule has 3 rings (SSSR count). The summed E-state index contributed by atoms with van der Waals surface area (Å²) in [4.78, 5) is 26.7. The predicted molar refractivity (Wildman–Crippen MR) is 85.2 cm³/mol. The Morgan fingerprint density at radius 3 is 2.54 bits per heavy atom. The van der Waals surface area contributed by atoms with Crippen LogP contribution in [0.1, 0.15) is 30.6 Å². The highest BCUT2D eigenvalue weighted by molar-refractivity contribution is 5.96. The number of rotatable bonds is 3. The van der Waals surface area contributed by atoms with Crippen LogP contribution in [0.5, 0.6) is 5.75 Å². The Hall–Kier alpha value is -2.11. The van der Waals surface area contributed by atoms with Gasteiger partial charge in [0, 0.05) is 24.7 Å². The zero-order chi connectivity index (χ0) is 17.7. The van der Waals surface area contributed by atoms with Gasteiger partial charge in [0.15, 0.2) is 0 Å². The quantitative estimate of drug-likeness (QED) is 0.797. The molecular weight excluding hydrogens is 313 g/mol. The number of amides is 1. The number of hydrogen-bond acceptors (Lipinski definition) is 4. The molecule has 0 aromatic heterocycles. The minimum absolute atomic E-state index is 0.0250. The molecule has 1 saturated heterocycles. The molecule has 2 atom stereocenters. The fraction of sp³-hybridized carbons (Fsp3) is 0.556. The van der Waals surface area contributed by atoms with Crippen molar-refractivity contribution in [2.45, 2.75) is 20.3 Å². The van der Waals surface area contributed by atoms with Crippen LogP contribution in [-0.4, -0.2) is 44.1 Å². The van der Waals surface area contributed by atoms with Crippen LogP contribution in [0, 0.1) is 22.6 Å². The molecule has 1 amide bonds. The number of carbonyl (C=O) groups excluding carboxylic acids is 2. The molecule has 1 aliphatic heterocycles. The molecule has 0 radical (unpaired) electrons. The lowest BCUT2D eigenvalue weighted by Crippen LogP contribution is -2.57. The molecule has 2 aliphatic rings. The van der Waals surface area contributed by atoms with Gasteiger partial charge in [-0.3, -0.25) is 9.59 Å². The number of methoxy groups -OCH3 is 2. The Morgan fingerprint density at radius 1 is 1.25 bits per heavy atom. The lowest BCUT2D eigenvalue weighted by atomic mass is 9.48. The maximum Gasteiger partial charge on any atom is 0.314 e. The number of hydrogen-bond donors (Lipinski definition) is 0. The van der Waals surface area contributed by atoms with E-state index in [9.17, 15) is 14.0 Å². The first-order chi connectivity index (χ1) is 11.2. The minimum Gasteiger partial charge on any atom is -0.497 e. The second-order valence-electron chi connectivity index (χ2n) is 7.43. The maximum absolute atomic E-state index is 13.7. The average Bonchev–Trinajstić information content (AvgIpc) is 2.88. The summed E-state index contributed by atoms with van der Waals surface area (Å²) in [5.41, 5.74) is -0.431. The third-order valence-corrected chi connectivity index (χ3v) is 5.49. The second-order valence-corrected chi connectivity index (χ2v) is 7.43. The summed E-state index contributed by atoms with van der Waals surface area (Å²) in [6, 6.07) is 3.94. The third kappa shape index (κ3) is 2.36. The van der Waals surface area contributed by atoms with E-state index in [1.165, 1.54) is 32.4 Å². The van der Waals surface area contributed by atoms with Crippen molar-refractivity contribution in [1.29, 1.82) is 0 Å². The van der Waals surface area contributed by atoms with Gasteiger partial charge >= 0.3 is 5.97 Å². The highest BCUT2D eigenvalue weighted by Crippen LogP contribution is 2.63. The van der Waals surface area contributed by atoms with E-state index in [1.807, 2.05) is 0 Å². The van der Waals surface area contributed by atoms with Gasteiger partial charge in [-0.15, -0.1) is 0 Å². The number of nitrogens with zero attached hydrogens (tertiary/aromatic N) is 1. The highest BCUT2D eigenvalue weighted by Gasteiger charge is 2.68. The predicted octanol–water partition coefficient (Wildman–Crippen LogP) is 2.50. The smallest absolute Gasteiger partial charge is 0.314 e. The van der Waals surface area contributed by atoms with Crippen LogP contribution in [0.2, 0.25) is 0 Å². The van der Waals surface area contributed by atoms with Gasteiger partial charge in [-0.1, -0.05) is 13.8 Å². The minimum atomic E-state index is -0.634. The molecule has 1 aliphatic carbocycles. The molecular formula is C18H22FNO4. The molecule has 0 unspecified atom stereocenters. The van der Waals surface area contributed by atoms with Crippen LogP contribution in [0.4, 0.5) is 4.39 Å². The SMILES string of the molecule is COC(=O)[C@@]12CN(C(=O)c3cc(F)cc(OC)c3)C[C@@H]1C(C)(C)C2. The number of likely N-dealkylation sites (tertiary alicyclic amines) is 1. The number of benzene rings is 1. The van der Waals surface area contributed by atoms with Gasteiger partial charge in [0.25, 0.3) is 5.91 Å². The standard InChI is InChI=1S/C18H22FNO4/c1-17(2)9-18(16(22)24-4)10-20(8-14(17)18)15(21)11-5-12(19)7-13(6-11)23-3/h5-7,14H,8-10H2,1-4H3/t14-,18+/m1/s1. The van der Waals surface area contributed by atoms with Crippen molar-refractivity contribution in [3.63, 3.8) is 0 Å². The Balaban J connectivity index is 1.88. The van der Waals surface area contributed by atoms with Crippen LogP contribution >= 0.6 is 0 Å². The summed E-state index contributed by atoms with van der Waals surface area (Å²) in [5.74, 6) is -0.733. The summed E-state index contributed by atoms with van der Waals surface area (Å²) in [7, 11) is 2.80. The van der Waals surface area contributed by atoms with Crippen molar-refractivity contribution in [1.82, 2.24) is 4.90 Å². The van der Waals surface area contributed by atoms with E-state index >= 15 is 0 Å². The molecule has 2 fully saturated rings. The molecule has 1 saturated carbocycles. The Kier molecular flexibility index (Phi) is 3.81. The molecule has 0 spiro atoms. The highest BCUT2D eigenvalue weighted by atomic mass is 19.1. The van der Waals surface area contributed by atoms with Gasteiger partial charge in [0.2, 0.25) is 0 Å². The normalized spacial score (nSPS) is 27.2. The van der Waals surface area contributed by atoms with Crippen LogP contribution in [0.15, 0.2) is 18.2 Å². The number of halogens is 1. The third-order valence-electron chi connectivity index (χ3n) is 5.49. The van der Waals surface area contributed by atoms with Crippen LogP contribution in [0.25, 0.3) is 0 Å². The van der Waals surface area contributed by atoms with Gasteiger partial charge < -0.3 is 14.4 Å². The van der Waals surface area contributed by atoms with Crippen LogP contribution in [0.3, 0.4) is 0 Å². The van der Waals surface area contributed by atoms with Crippen molar-refractivity contribution in [2.75, 3.05) is 27.3 Å². The van der Waals surface area contributed by atoms with Crippen molar-refractivity contribution < 1.29 is 23.5 Å². The first-order valence-corrected chi connectivity index (χ1v) is 7.96. The lowest BCUT2D eigenvalue weighted by molar-refractivity contribution is -0.174. The van der Waals surface area contributed by atoms with Gasteiger partial charge in [-0.25, -0.2) is 4.39 Å². The molecule has 6 heteroatoms. The molecule has 5 nitrogen and oxygen atoms in total. The van der Waals surface area contributed by atoms with Crippen LogP contribution in [-0.2, 0) is 9.53 Å². The maximum atomic E-state index is 13.7. The number of carbonyl (C=O) groups is 2. The van der Waals surface area contributed by atoms with Gasteiger partial charge in [0.1, 0.15) is 11.6 Å². The molecule has 0 N–H and O–H groups in total. The second kappa shape index (κ2) is 5.46. The summed E-state index contributed by atoms with van der Waals surface area (Å²) in [6.07, 6.45) is 0.688. The van der Waals surface area contributed by atoms with E-state index in [1.54, 1.807) is 4.90 Å². The Labute approximate surface area is 140 Å². The molecule has 1 heterocycles. The first kappa shape index (κ1) is 16.7. The monoisotopic (exact) mass is 335 g/mol. The molecule has 0 bridgehead atoms. The zero-order valence-corrected chi connectivity index (χ0v) is 14.4. The van der Waals surface area contributed by atoms with Crippen molar-refractivity contribution >= 4 is 11.9 Å². The van der Waals surface area contributed by atoms with E-state index in [2.05, 4.69) is 13.8 Å². The van der Waals surface area contributed by atoms with E-state index in [0.29, 0.717) is 25.3 Å². The number of fused-ring (bicyclic) bond motifs is 1. The molecule has 1 aromatic carbocycles. The summed E-state index contributed by atoms with van der Waals surface area (Å²) >= 11 is 0. The summed E-state index contributed by atoms with van der Waals surface area (Å²) in [6.45, 7) is 4.97. The first-order valence-electron chi connectivity index (χ1n) is 7.96. The number of esters is 1. The van der Waals surface area contributed by atoms with Gasteiger partial charge in [0.05, 0.1) is 19.6 Å². The van der Waals surface area contributed by atoms with E-state index < -0.39 is 11.2 Å². The van der Waals surface area contributed by atoms with Crippen molar-refractivity contribution in [3.05, 3.63) is 29.6 Å². The average molecular weight is 335 g/mol. The van der Waals surface area contributed by atoms with E-state index in [0.717, 1.165) is 0 Å². The lowest BCUT2D eigenvalue weighted by Gasteiger charge is -2.54. The fourth-order valence-corrected chi connectivity index (χ4v) is 4.51. The van der Waals surface area contributed by atoms with Crippen LogP contribution < -0.4 is 4.74 Å². The largest absolute Gasteiger partial charge is 0.497 e. The van der Waals surface area contributed by atoms with E-state index in [4.69, 9.17) is 9.47 Å². The molecule has 130 valence electrons. The van der Waals surface area contributed by atoms with Crippen molar-refractivity contribution in [3.8, 4) is 5.75 Å². The summed E-state index contributed by atoms with van der Waals surface area (Å²) < 4.78 is 23.7. The molecule has 24 heavy (non-hydrogen) atoms. The fourth-order valence-electron chi connectivity index (χ4n) is 4.51. The zero-order valence-electron chi connectivity index (χ0n) is 14.4. The Bertz CT molecular complexity index is 702. The number of ether oxygens (including phenoxy) is 2. The Morgan fingerprint density at radius 2 is 1.96 bits per heavy atom. The molecule has 1 aromatic rings.